The topological polar surface area (TPSA) is 78.3 Å². The number of aliphatic hydroxyl groups excluding tert-OH is 1. The van der Waals surface area contributed by atoms with Crippen molar-refractivity contribution in [3.05, 3.63) is 59.7 Å². The van der Waals surface area contributed by atoms with E-state index in [0.717, 1.165) is 22.0 Å². The number of aromatic nitrogens is 1. The molecular weight excluding hydrogens is 280 g/mol. The second-order valence-corrected chi connectivity index (χ2v) is 5.31. The molecule has 22 heavy (non-hydrogen) atoms. The molecule has 1 amide bonds. The van der Waals surface area contributed by atoms with Crippen molar-refractivity contribution in [1.82, 2.24) is 10.3 Å². The fourth-order valence-electron chi connectivity index (χ4n) is 2.62. The first-order chi connectivity index (χ1) is 10.7. The third-order valence-corrected chi connectivity index (χ3v) is 3.76. The fourth-order valence-corrected chi connectivity index (χ4v) is 2.62. The van der Waals surface area contributed by atoms with Gasteiger partial charge in [-0.05, 0) is 30.2 Å². The molecule has 114 valence electrons. The summed E-state index contributed by atoms with van der Waals surface area (Å²) >= 11 is 0. The number of fused-ring (bicyclic) bond motifs is 1. The number of furan rings is 1. The Hall–Kier alpha value is -2.53. The minimum atomic E-state index is -0.519. The second-order valence-electron chi connectivity index (χ2n) is 5.31. The molecule has 5 nitrogen and oxygen atoms in total. The zero-order valence-corrected chi connectivity index (χ0v) is 12.3. The first-order valence-electron chi connectivity index (χ1n) is 7.18. The molecule has 0 bridgehead atoms. The summed E-state index contributed by atoms with van der Waals surface area (Å²) in [6, 6.07) is 8.95. The molecule has 1 atom stereocenters. The number of aliphatic hydroxyl groups is 1. The van der Waals surface area contributed by atoms with Crippen molar-refractivity contribution in [3.63, 3.8) is 0 Å². The number of carbonyl (C=O) groups excluding carboxylic acids is 1. The van der Waals surface area contributed by atoms with Crippen molar-refractivity contribution in [3.8, 4) is 0 Å². The Kier molecular flexibility index (Phi) is 3.98. The standard InChI is InChI=1S/C17H18N2O3/c1-11-4-2-5-13-12(9-18-17(11)13)8-16(21)19-14(10-20)15-6-3-7-22-15/h2-7,9,14,18,20H,8,10H2,1H3,(H,19,21). The van der Waals surface area contributed by atoms with E-state index < -0.39 is 6.04 Å². The lowest BCUT2D eigenvalue weighted by Gasteiger charge is -2.13. The Labute approximate surface area is 128 Å². The first kappa shape index (κ1) is 14.4. The summed E-state index contributed by atoms with van der Waals surface area (Å²) in [6.07, 6.45) is 3.63. The van der Waals surface area contributed by atoms with Crippen LogP contribution in [0.15, 0.2) is 47.2 Å². The molecule has 2 heterocycles. The van der Waals surface area contributed by atoms with E-state index in [4.69, 9.17) is 4.42 Å². The molecule has 3 N–H and O–H groups in total. The molecule has 0 saturated carbocycles. The molecule has 0 spiro atoms. The smallest absolute Gasteiger partial charge is 0.225 e. The predicted octanol–water partition coefficient (Wildman–Crippen LogP) is 2.46. The molecule has 0 fully saturated rings. The molecule has 0 radical (unpaired) electrons. The van der Waals surface area contributed by atoms with Crippen molar-refractivity contribution in [1.29, 1.82) is 0 Å². The summed E-state index contributed by atoms with van der Waals surface area (Å²) < 4.78 is 5.23. The normalized spacial score (nSPS) is 12.5. The van der Waals surface area contributed by atoms with Crippen LogP contribution in [-0.4, -0.2) is 22.6 Å². The number of H-pyrrole nitrogens is 1. The van der Waals surface area contributed by atoms with Crippen molar-refractivity contribution in [2.24, 2.45) is 0 Å². The molecular formula is C17H18N2O3. The fraction of sp³-hybridized carbons (Fsp3) is 0.235. The van der Waals surface area contributed by atoms with Crippen LogP contribution in [0.3, 0.4) is 0 Å². The van der Waals surface area contributed by atoms with Crippen LogP contribution < -0.4 is 5.32 Å². The zero-order valence-electron chi connectivity index (χ0n) is 12.3. The lowest BCUT2D eigenvalue weighted by molar-refractivity contribution is -0.121. The molecule has 2 aromatic heterocycles. The van der Waals surface area contributed by atoms with E-state index in [2.05, 4.69) is 10.3 Å². The van der Waals surface area contributed by atoms with Crippen LogP contribution in [-0.2, 0) is 11.2 Å². The Bertz CT molecular complexity index is 774. The lowest BCUT2D eigenvalue weighted by atomic mass is 10.1. The van der Waals surface area contributed by atoms with E-state index in [1.165, 1.54) is 6.26 Å². The molecule has 3 rings (SSSR count). The summed E-state index contributed by atoms with van der Waals surface area (Å²) in [5, 5.41) is 13.2. The number of benzene rings is 1. The van der Waals surface area contributed by atoms with Gasteiger partial charge in [-0.25, -0.2) is 0 Å². The van der Waals surface area contributed by atoms with Gasteiger partial charge in [0.2, 0.25) is 5.91 Å². The van der Waals surface area contributed by atoms with Gasteiger partial charge in [0.05, 0.1) is 19.3 Å². The molecule has 0 saturated heterocycles. The molecule has 1 unspecified atom stereocenters. The number of para-hydroxylation sites is 1. The van der Waals surface area contributed by atoms with Gasteiger partial charge in [-0.1, -0.05) is 18.2 Å². The van der Waals surface area contributed by atoms with Gasteiger partial charge in [0.15, 0.2) is 0 Å². The molecule has 1 aromatic carbocycles. The van der Waals surface area contributed by atoms with Gasteiger partial charge in [0.25, 0.3) is 0 Å². The molecule has 0 aliphatic rings. The second kappa shape index (κ2) is 6.07. The number of rotatable bonds is 5. The van der Waals surface area contributed by atoms with Gasteiger partial charge in [0.1, 0.15) is 11.8 Å². The largest absolute Gasteiger partial charge is 0.467 e. The van der Waals surface area contributed by atoms with E-state index in [-0.39, 0.29) is 18.9 Å². The van der Waals surface area contributed by atoms with Gasteiger partial charge < -0.3 is 19.8 Å². The summed E-state index contributed by atoms with van der Waals surface area (Å²) in [5.74, 6) is 0.392. The lowest BCUT2D eigenvalue weighted by Crippen LogP contribution is -2.31. The van der Waals surface area contributed by atoms with Gasteiger partial charge in [-0.2, -0.15) is 0 Å². The quantitative estimate of drug-likeness (QED) is 0.677. The van der Waals surface area contributed by atoms with Crippen LogP contribution in [0.1, 0.15) is 22.9 Å². The summed E-state index contributed by atoms with van der Waals surface area (Å²) in [6.45, 7) is 1.83. The summed E-state index contributed by atoms with van der Waals surface area (Å²) in [4.78, 5) is 15.4. The highest BCUT2D eigenvalue weighted by Crippen LogP contribution is 2.22. The average Bonchev–Trinajstić information content (AvgIpc) is 3.16. The van der Waals surface area contributed by atoms with Crippen molar-refractivity contribution < 1.29 is 14.3 Å². The third kappa shape index (κ3) is 2.76. The van der Waals surface area contributed by atoms with E-state index in [1.807, 2.05) is 31.3 Å². The number of aromatic amines is 1. The average molecular weight is 298 g/mol. The van der Waals surface area contributed by atoms with Crippen molar-refractivity contribution >= 4 is 16.8 Å². The molecule has 0 aliphatic carbocycles. The first-order valence-corrected chi connectivity index (χ1v) is 7.18. The highest BCUT2D eigenvalue weighted by Gasteiger charge is 2.17. The summed E-state index contributed by atoms with van der Waals surface area (Å²) in [5.41, 5.74) is 3.13. The maximum Gasteiger partial charge on any atom is 0.225 e. The van der Waals surface area contributed by atoms with Gasteiger partial charge in [-0.15, -0.1) is 0 Å². The van der Waals surface area contributed by atoms with Gasteiger partial charge >= 0.3 is 0 Å². The summed E-state index contributed by atoms with van der Waals surface area (Å²) in [7, 11) is 0. The monoisotopic (exact) mass is 298 g/mol. The Morgan fingerprint density at radius 3 is 2.95 bits per heavy atom. The van der Waals surface area contributed by atoms with Crippen LogP contribution in [0.2, 0.25) is 0 Å². The van der Waals surface area contributed by atoms with Crippen LogP contribution in [0.4, 0.5) is 0 Å². The minimum absolute atomic E-state index is 0.155. The van der Waals surface area contributed by atoms with Crippen LogP contribution in [0.5, 0.6) is 0 Å². The van der Waals surface area contributed by atoms with Gasteiger partial charge in [-0.3, -0.25) is 4.79 Å². The molecule has 3 aromatic rings. The number of hydrogen-bond acceptors (Lipinski definition) is 3. The third-order valence-electron chi connectivity index (χ3n) is 3.76. The Morgan fingerprint density at radius 1 is 1.36 bits per heavy atom. The Morgan fingerprint density at radius 2 is 2.23 bits per heavy atom. The van der Waals surface area contributed by atoms with Gasteiger partial charge in [0, 0.05) is 17.1 Å². The number of aryl methyl sites for hydroxylation is 1. The number of amides is 1. The van der Waals surface area contributed by atoms with Crippen LogP contribution >= 0.6 is 0 Å². The van der Waals surface area contributed by atoms with E-state index >= 15 is 0 Å². The SMILES string of the molecule is Cc1cccc2c(CC(=O)NC(CO)c3ccco3)c[nH]c12. The van der Waals surface area contributed by atoms with Crippen LogP contribution in [0, 0.1) is 6.92 Å². The zero-order chi connectivity index (χ0) is 15.5. The highest BCUT2D eigenvalue weighted by atomic mass is 16.3. The number of hydrogen-bond donors (Lipinski definition) is 3. The Balaban J connectivity index is 1.74. The van der Waals surface area contributed by atoms with E-state index in [9.17, 15) is 9.90 Å². The number of nitrogens with one attached hydrogen (secondary N) is 2. The minimum Gasteiger partial charge on any atom is -0.467 e. The number of carbonyl (C=O) groups is 1. The molecule has 5 heteroatoms. The molecule has 0 aliphatic heterocycles. The maximum absolute atomic E-state index is 12.2. The van der Waals surface area contributed by atoms with E-state index in [0.29, 0.717) is 5.76 Å². The van der Waals surface area contributed by atoms with E-state index in [1.54, 1.807) is 12.1 Å². The van der Waals surface area contributed by atoms with Crippen LogP contribution in [0.25, 0.3) is 10.9 Å². The maximum atomic E-state index is 12.2. The predicted molar refractivity (Wildman–Crippen MR) is 83.4 cm³/mol. The highest BCUT2D eigenvalue weighted by molar-refractivity contribution is 5.90. The van der Waals surface area contributed by atoms with Crippen molar-refractivity contribution in [2.45, 2.75) is 19.4 Å². The van der Waals surface area contributed by atoms with Crippen molar-refractivity contribution in [2.75, 3.05) is 6.61 Å².